The van der Waals surface area contributed by atoms with E-state index in [1.807, 2.05) is 4.90 Å². The van der Waals surface area contributed by atoms with E-state index >= 15 is 0 Å². The second-order valence-corrected chi connectivity index (χ2v) is 6.58. The zero-order valence-electron chi connectivity index (χ0n) is 11.9. The normalized spacial score (nSPS) is 17.9. The van der Waals surface area contributed by atoms with E-state index < -0.39 is 0 Å². The summed E-state index contributed by atoms with van der Waals surface area (Å²) in [6.45, 7) is 3.27. The van der Waals surface area contributed by atoms with Gasteiger partial charge in [-0.05, 0) is 36.8 Å². The lowest BCUT2D eigenvalue weighted by Crippen LogP contribution is -2.39. The Labute approximate surface area is 134 Å². The number of rotatable bonds is 4. The number of carbonyl (C=O) groups excluding carboxylic acids is 2. The van der Waals surface area contributed by atoms with Crippen molar-refractivity contribution in [1.82, 2.24) is 4.90 Å². The van der Waals surface area contributed by atoms with Crippen molar-refractivity contribution in [1.29, 1.82) is 0 Å². The van der Waals surface area contributed by atoms with Crippen molar-refractivity contribution in [3.63, 3.8) is 0 Å². The predicted octanol–water partition coefficient (Wildman–Crippen LogP) is 3.99. The van der Waals surface area contributed by atoms with Gasteiger partial charge in [-0.3, -0.25) is 9.59 Å². The highest BCUT2D eigenvalue weighted by molar-refractivity contribution is 6.41. The maximum absolute atomic E-state index is 12.6. The fourth-order valence-electron chi connectivity index (χ4n) is 2.83. The minimum absolute atomic E-state index is 0.0116. The highest BCUT2D eigenvalue weighted by Crippen LogP contribution is 2.37. The molecule has 0 bridgehead atoms. The summed E-state index contributed by atoms with van der Waals surface area (Å²) in [4.78, 5) is 26.4. The van der Waals surface area contributed by atoms with Crippen LogP contribution in [0.15, 0.2) is 6.07 Å². The number of nitrogens with zero attached hydrogens (tertiary/aromatic N) is 1. The molecule has 1 saturated carbocycles. The van der Waals surface area contributed by atoms with Crippen LogP contribution in [0.4, 0.5) is 0 Å². The molecule has 0 unspecified atom stereocenters. The summed E-state index contributed by atoms with van der Waals surface area (Å²) in [7, 11) is 0. The summed E-state index contributed by atoms with van der Waals surface area (Å²) in [5.74, 6) is 0.561. The number of hydrogen-bond acceptors (Lipinski definition) is 2. The van der Waals surface area contributed by atoms with E-state index in [4.69, 9.17) is 23.2 Å². The van der Waals surface area contributed by atoms with Crippen molar-refractivity contribution in [2.75, 3.05) is 13.1 Å². The first-order chi connectivity index (χ1) is 10.0. The maximum Gasteiger partial charge on any atom is 0.254 e. The maximum atomic E-state index is 12.6. The first-order valence-corrected chi connectivity index (χ1v) is 8.11. The third-order valence-electron chi connectivity index (χ3n) is 4.24. The third kappa shape index (κ3) is 2.69. The van der Waals surface area contributed by atoms with Gasteiger partial charge in [-0.15, -0.1) is 0 Å². The Morgan fingerprint density at radius 1 is 1.38 bits per heavy atom. The van der Waals surface area contributed by atoms with E-state index in [2.05, 4.69) is 0 Å². The van der Waals surface area contributed by atoms with Gasteiger partial charge in [-0.25, -0.2) is 0 Å². The summed E-state index contributed by atoms with van der Waals surface area (Å²) in [6.07, 6.45) is 3.46. The number of ketones is 1. The zero-order chi connectivity index (χ0) is 15.1. The number of amides is 1. The van der Waals surface area contributed by atoms with Crippen LogP contribution in [0.5, 0.6) is 0 Å². The monoisotopic (exact) mass is 325 g/mol. The molecule has 1 aromatic carbocycles. The van der Waals surface area contributed by atoms with E-state index in [1.54, 1.807) is 13.0 Å². The van der Waals surface area contributed by atoms with Crippen LogP contribution in [-0.2, 0) is 6.42 Å². The van der Waals surface area contributed by atoms with Crippen molar-refractivity contribution in [3.05, 3.63) is 32.8 Å². The molecule has 5 heteroatoms. The Kier molecular flexibility index (Phi) is 3.98. The smallest absolute Gasteiger partial charge is 0.254 e. The quantitative estimate of drug-likeness (QED) is 0.785. The van der Waals surface area contributed by atoms with Crippen LogP contribution >= 0.6 is 23.2 Å². The zero-order valence-corrected chi connectivity index (χ0v) is 13.4. The lowest BCUT2D eigenvalue weighted by molar-refractivity contribution is 0.0731. The highest BCUT2D eigenvalue weighted by Gasteiger charge is 2.33. The number of fused-ring (bicyclic) bond motifs is 1. The number of Topliss-reactive ketones (excluding diaryl/α,β-unsaturated/α-hetero) is 1. The molecule has 0 saturated heterocycles. The van der Waals surface area contributed by atoms with Gasteiger partial charge in [0, 0.05) is 25.1 Å². The predicted molar refractivity (Wildman–Crippen MR) is 83.4 cm³/mol. The Hall–Kier alpha value is -1.06. The minimum Gasteiger partial charge on any atom is -0.338 e. The average Bonchev–Trinajstić information content (AvgIpc) is 3.26. The van der Waals surface area contributed by atoms with E-state index in [1.165, 1.54) is 12.8 Å². The largest absolute Gasteiger partial charge is 0.338 e. The summed E-state index contributed by atoms with van der Waals surface area (Å²) in [6, 6.07) is 1.62. The molecular weight excluding hydrogens is 309 g/mol. The van der Waals surface area contributed by atoms with Crippen LogP contribution < -0.4 is 0 Å². The lowest BCUT2D eigenvalue weighted by Gasteiger charge is -2.30. The molecule has 1 fully saturated rings. The minimum atomic E-state index is -0.0827. The molecule has 112 valence electrons. The van der Waals surface area contributed by atoms with Crippen molar-refractivity contribution < 1.29 is 9.59 Å². The fraction of sp³-hybridized carbons (Fsp3) is 0.500. The van der Waals surface area contributed by atoms with E-state index in [9.17, 15) is 9.59 Å². The molecule has 0 radical (unpaired) electrons. The van der Waals surface area contributed by atoms with Crippen molar-refractivity contribution in [2.45, 2.75) is 32.6 Å². The van der Waals surface area contributed by atoms with Crippen LogP contribution in [-0.4, -0.2) is 29.7 Å². The molecule has 2 aliphatic rings. The van der Waals surface area contributed by atoms with Gasteiger partial charge in [0.05, 0.1) is 15.6 Å². The molecule has 21 heavy (non-hydrogen) atoms. The van der Waals surface area contributed by atoms with Crippen LogP contribution in [0.25, 0.3) is 0 Å². The average molecular weight is 326 g/mol. The molecule has 0 N–H and O–H groups in total. The molecule has 0 spiro atoms. The van der Waals surface area contributed by atoms with Crippen molar-refractivity contribution in [2.24, 2.45) is 5.92 Å². The Morgan fingerprint density at radius 2 is 2.10 bits per heavy atom. The van der Waals surface area contributed by atoms with Gasteiger partial charge < -0.3 is 4.90 Å². The van der Waals surface area contributed by atoms with Gasteiger partial charge in [0.25, 0.3) is 5.91 Å². The van der Waals surface area contributed by atoms with E-state index in [-0.39, 0.29) is 16.7 Å². The first kappa shape index (κ1) is 14.9. The Bertz CT molecular complexity index is 623. The summed E-state index contributed by atoms with van der Waals surface area (Å²) >= 11 is 12.6. The van der Waals surface area contributed by atoms with Gasteiger partial charge in [0.15, 0.2) is 5.78 Å². The van der Waals surface area contributed by atoms with Gasteiger partial charge in [-0.1, -0.05) is 30.1 Å². The summed E-state index contributed by atoms with van der Waals surface area (Å²) < 4.78 is 0. The lowest BCUT2D eigenvalue weighted by atomic mass is 9.94. The van der Waals surface area contributed by atoms with E-state index in [0.717, 1.165) is 12.1 Å². The molecule has 3 nitrogen and oxygen atoms in total. The fourth-order valence-corrected chi connectivity index (χ4v) is 3.59. The molecular formula is C16H17Cl2NO2. The molecule has 3 rings (SSSR count). The van der Waals surface area contributed by atoms with Crippen LogP contribution in [0, 0.1) is 5.92 Å². The summed E-state index contributed by atoms with van der Waals surface area (Å²) in [5, 5.41) is 0.649. The van der Waals surface area contributed by atoms with Gasteiger partial charge in [-0.2, -0.15) is 0 Å². The Balaban J connectivity index is 1.99. The third-order valence-corrected chi connectivity index (χ3v) is 4.96. The molecule has 1 aliphatic carbocycles. The van der Waals surface area contributed by atoms with E-state index in [0.29, 0.717) is 41.5 Å². The SMILES string of the molecule is CCC(=O)c1c(Cl)cc2c(c1Cl)CCN(CC1CC1)C2=O. The number of carbonyl (C=O) groups is 2. The van der Waals surface area contributed by atoms with Gasteiger partial charge >= 0.3 is 0 Å². The number of benzene rings is 1. The first-order valence-electron chi connectivity index (χ1n) is 7.36. The molecule has 1 amide bonds. The number of halogens is 2. The molecule has 0 atom stereocenters. The molecule has 0 aromatic heterocycles. The molecule has 1 aromatic rings. The topological polar surface area (TPSA) is 37.4 Å². The van der Waals surface area contributed by atoms with Gasteiger partial charge in [0.1, 0.15) is 0 Å². The highest BCUT2D eigenvalue weighted by atomic mass is 35.5. The standard InChI is InChI=1S/C16H17Cl2NO2/c1-2-13(20)14-12(17)7-11-10(15(14)18)5-6-19(16(11)21)8-9-3-4-9/h7,9H,2-6,8H2,1H3. The van der Waals surface area contributed by atoms with Crippen LogP contribution in [0.2, 0.25) is 10.0 Å². The van der Waals surface area contributed by atoms with Gasteiger partial charge in [0.2, 0.25) is 0 Å². The van der Waals surface area contributed by atoms with Crippen molar-refractivity contribution >= 4 is 34.9 Å². The van der Waals surface area contributed by atoms with Crippen molar-refractivity contribution in [3.8, 4) is 0 Å². The summed E-state index contributed by atoms with van der Waals surface area (Å²) in [5.41, 5.74) is 1.70. The Morgan fingerprint density at radius 3 is 2.71 bits per heavy atom. The number of hydrogen-bond donors (Lipinski definition) is 0. The van der Waals surface area contributed by atoms with Crippen LogP contribution in [0.1, 0.15) is 52.5 Å². The molecule has 1 aliphatic heterocycles. The van der Waals surface area contributed by atoms with Crippen LogP contribution in [0.3, 0.4) is 0 Å². The second-order valence-electron chi connectivity index (χ2n) is 5.79. The second kappa shape index (κ2) is 5.62. The molecule has 1 heterocycles.